The van der Waals surface area contributed by atoms with Gasteiger partial charge in [0.15, 0.2) is 0 Å². The molecule has 0 aliphatic heterocycles. The van der Waals surface area contributed by atoms with Crippen LogP contribution in [-0.4, -0.2) is 41.3 Å². The van der Waals surface area contributed by atoms with Crippen LogP contribution in [-0.2, 0) is 10.5 Å². The van der Waals surface area contributed by atoms with Crippen LogP contribution in [0.15, 0.2) is 24.3 Å². The largest absolute Gasteiger partial charge is 0.481 e. The second-order valence-corrected chi connectivity index (χ2v) is 5.80. The van der Waals surface area contributed by atoms with Gasteiger partial charge in [-0.05, 0) is 24.0 Å². The maximum Gasteiger partial charge on any atom is 0.313 e. The summed E-state index contributed by atoms with van der Waals surface area (Å²) in [6, 6.07) is 7.52. The average Bonchev–Trinajstić information content (AvgIpc) is 2.39. The number of rotatable bonds is 8. The first kappa shape index (κ1) is 15.9. The smallest absolute Gasteiger partial charge is 0.313 e. The Balaban J connectivity index is 2.30. The van der Waals surface area contributed by atoms with Gasteiger partial charge in [-0.15, -0.1) is 11.8 Å². The van der Waals surface area contributed by atoms with Gasteiger partial charge in [0.2, 0.25) is 0 Å². The van der Waals surface area contributed by atoms with Crippen molar-refractivity contribution in [2.45, 2.75) is 5.75 Å². The van der Waals surface area contributed by atoms with Gasteiger partial charge >= 0.3 is 5.97 Å². The Hall–Kier alpha value is -1.14. The molecule has 1 aromatic carbocycles. The van der Waals surface area contributed by atoms with E-state index in [0.29, 0.717) is 17.9 Å². The average molecular weight is 299 g/mol. The van der Waals surface area contributed by atoms with Crippen molar-refractivity contribution < 1.29 is 14.7 Å². The molecule has 0 saturated heterocycles. The first-order valence-corrected chi connectivity index (χ1v) is 8.34. The summed E-state index contributed by atoms with van der Waals surface area (Å²) in [7, 11) is 0. The number of carboxylic acid groups (broad SMARTS) is 1. The first-order valence-electron chi connectivity index (χ1n) is 5.79. The van der Waals surface area contributed by atoms with E-state index in [4.69, 9.17) is 5.11 Å². The third-order valence-corrected chi connectivity index (χ3v) is 3.85. The molecule has 1 rings (SSSR count). The lowest BCUT2D eigenvalue weighted by Gasteiger charge is -2.05. The number of carbonyl (C=O) groups is 2. The number of thioether (sulfide) groups is 2. The molecule has 0 aliphatic rings. The highest BCUT2D eigenvalue weighted by Gasteiger charge is 2.04. The molecule has 0 radical (unpaired) electrons. The van der Waals surface area contributed by atoms with Crippen LogP contribution in [0.2, 0.25) is 0 Å². The summed E-state index contributed by atoms with van der Waals surface area (Å²) < 4.78 is 0. The normalized spacial score (nSPS) is 10.2. The zero-order valence-electron chi connectivity index (χ0n) is 10.7. The van der Waals surface area contributed by atoms with E-state index in [0.717, 1.165) is 5.75 Å². The summed E-state index contributed by atoms with van der Waals surface area (Å²) >= 11 is 3.03. The molecule has 0 fully saturated rings. The number of amides is 1. The molecule has 2 N–H and O–H groups in total. The number of hydrogen-bond acceptors (Lipinski definition) is 4. The Morgan fingerprint density at radius 1 is 1.26 bits per heavy atom. The third kappa shape index (κ3) is 6.54. The monoisotopic (exact) mass is 299 g/mol. The van der Waals surface area contributed by atoms with E-state index in [-0.39, 0.29) is 11.7 Å². The Kier molecular flexibility index (Phi) is 7.43. The van der Waals surface area contributed by atoms with Crippen LogP contribution in [0.3, 0.4) is 0 Å². The van der Waals surface area contributed by atoms with Gasteiger partial charge in [-0.3, -0.25) is 9.59 Å². The quantitative estimate of drug-likeness (QED) is 0.720. The number of aliphatic carboxylic acids is 1. The molecule has 1 aromatic rings. The maximum absolute atomic E-state index is 11.8. The van der Waals surface area contributed by atoms with Crippen LogP contribution >= 0.6 is 23.5 Å². The predicted molar refractivity (Wildman–Crippen MR) is 81.0 cm³/mol. The lowest BCUT2D eigenvalue weighted by atomic mass is 10.1. The van der Waals surface area contributed by atoms with Crippen molar-refractivity contribution in [1.29, 1.82) is 0 Å². The minimum Gasteiger partial charge on any atom is -0.481 e. The summed E-state index contributed by atoms with van der Waals surface area (Å²) in [5, 5.41) is 11.2. The molecule has 0 heterocycles. The van der Waals surface area contributed by atoms with Crippen LogP contribution in [0.1, 0.15) is 15.9 Å². The zero-order valence-corrected chi connectivity index (χ0v) is 12.4. The van der Waals surface area contributed by atoms with E-state index in [1.807, 2.05) is 30.5 Å². The molecule has 104 valence electrons. The second kappa shape index (κ2) is 8.87. The van der Waals surface area contributed by atoms with E-state index in [1.54, 1.807) is 11.8 Å². The van der Waals surface area contributed by atoms with Crippen LogP contribution in [0.5, 0.6) is 0 Å². The van der Waals surface area contributed by atoms with Crippen LogP contribution in [0.25, 0.3) is 0 Å². The van der Waals surface area contributed by atoms with E-state index in [9.17, 15) is 9.59 Å². The van der Waals surface area contributed by atoms with Gasteiger partial charge in [0.05, 0.1) is 5.75 Å². The predicted octanol–water partition coefficient (Wildman–Crippen LogP) is 2.10. The Morgan fingerprint density at radius 2 is 1.95 bits per heavy atom. The molecule has 0 unspecified atom stereocenters. The van der Waals surface area contributed by atoms with Crippen molar-refractivity contribution in [3.63, 3.8) is 0 Å². The Morgan fingerprint density at radius 3 is 2.53 bits per heavy atom. The molecule has 0 saturated carbocycles. The van der Waals surface area contributed by atoms with E-state index < -0.39 is 5.97 Å². The molecule has 6 heteroatoms. The van der Waals surface area contributed by atoms with Crippen molar-refractivity contribution in [3.8, 4) is 0 Å². The van der Waals surface area contributed by atoms with Gasteiger partial charge < -0.3 is 10.4 Å². The maximum atomic E-state index is 11.8. The topological polar surface area (TPSA) is 66.4 Å². The lowest BCUT2D eigenvalue weighted by Crippen LogP contribution is -2.25. The summed E-state index contributed by atoms with van der Waals surface area (Å²) in [6.45, 7) is 0.476. The molecule has 0 aromatic heterocycles. The fraction of sp³-hybridized carbons (Fsp3) is 0.385. The van der Waals surface area contributed by atoms with Crippen LogP contribution < -0.4 is 5.32 Å². The number of nitrogens with one attached hydrogen (secondary N) is 1. The standard InChI is InChI=1S/C13H17NO3S2/c1-18-8-10-2-4-11(5-3-10)13(17)14-6-7-19-9-12(15)16/h2-5H,6-9H2,1H3,(H,14,17)(H,15,16). The van der Waals surface area contributed by atoms with Crippen molar-refractivity contribution in [3.05, 3.63) is 35.4 Å². The highest BCUT2D eigenvalue weighted by atomic mass is 32.2. The minimum absolute atomic E-state index is 0.0687. The summed E-state index contributed by atoms with van der Waals surface area (Å²) in [5.74, 6) is 0.655. The highest BCUT2D eigenvalue weighted by molar-refractivity contribution is 7.99. The molecular formula is C13H17NO3S2. The van der Waals surface area contributed by atoms with Crippen molar-refractivity contribution >= 4 is 35.4 Å². The number of carboxylic acids is 1. The number of hydrogen-bond donors (Lipinski definition) is 2. The van der Waals surface area contributed by atoms with E-state index >= 15 is 0 Å². The third-order valence-electron chi connectivity index (χ3n) is 2.28. The molecule has 19 heavy (non-hydrogen) atoms. The molecular weight excluding hydrogens is 282 g/mol. The summed E-state index contributed by atoms with van der Waals surface area (Å²) in [6.07, 6.45) is 2.04. The lowest BCUT2D eigenvalue weighted by molar-refractivity contribution is -0.133. The SMILES string of the molecule is CSCc1ccc(C(=O)NCCSCC(=O)O)cc1. The zero-order chi connectivity index (χ0) is 14.1. The number of carbonyl (C=O) groups excluding carboxylic acids is 1. The van der Waals surface area contributed by atoms with Gasteiger partial charge in [-0.25, -0.2) is 0 Å². The molecule has 0 atom stereocenters. The van der Waals surface area contributed by atoms with Gasteiger partial charge in [0, 0.05) is 23.6 Å². The van der Waals surface area contributed by atoms with Gasteiger partial charge in [-0.2, -0.15) is 11.8 Å². The van der Waals surface area contributed by atoms with Crippen molar-refractivity contribution in [2.75, 3.05) is 24.3 Å². The number of benzene rings is 1. The van der Waals surface area contributed by atoms with Gasteiger partial charge in [-0.1, -0.05) is 12.1 Å². The van der Waals surface area contributed by atoms with Crippen LogP contribution in [0, 0.1) is 0 Å². The molecule has 4 nitrogen and oxygen atoms in total. The fourth-order valence-electron chi connectivity index (χ4n) is 1.42. The summed E-state index contributed by atoms with van der Waals surface area (Å²) in [5.41, 5.74) is 1.83. The van der Waals surface area contributed by atoms with Crippen LogP contribution in [0.4, 0.5) is 0 Å². The molecule has 0 spiro atoms. The fourth-order valence-corrected chi connectivity index (χ4v) is 2.51. The molecule has 0 aliphatic carbocycles. The Bertz CT molecular complexity index is 420. The van der Waals surface area contributed by atoms with E-state index in [2.05, 4.69) is 5.32 Å². The van der Waals surface area contributed by atoms with Crippen molar-refractivity contribution in [2.24, 2.45) is 0 Å². The van der Waals surface area contributed by atoms with Crippen molar-refractivity contribution in [1.82, 2.24) is 5.32 Å². The summed E-state index contributed by atoms with van der Waals surface area (Å²) in [4.78, 5) is 22.1. The first-order chi connectivity index (χ1) is 9.13. The molecule has 1 amide bonds. The minimum atomic E-state index is -0.833. The molecule has 0 bridgehead atoms. The van der Waals surface area contributed by atoms with Gasteiger partial charge in [0.25, 0.3) is 5.91 Å². The van der Waals surface area contributed by atoms with E-state index in [1.165, 1.54) is 17.3 Å². The second-order valence-electron chi connectivity index (χ2n) is 3.83. The highest BCUT2D eigenvalue weighted by Crippen LogP contribution is 2.10. The van der Waals surface area contributed by atoms with Gasteiger partial charge in [0.1, 0.15) is 0 Å². The Labute approximate surface area is 121 Å².